The van der Waals surface area contributed by atoms with Crippen molar-refractivity contribution in [1.29, 1.82) is 0 Å². The quantitative estimate of drug-likeness (QED) is 0.380. The van der Waals surface area contributed by atoms with Gasteiger partial charge < -0.3 is 25.5 Å². The number of aliphatic hydroxyl groups excluding tert-OH is 1. The van der Waals surface area contributed by atoms with Crippen LogP contribution in [0.3, 0.4) is 0 Å². The second kappa shape index (κ2) is 11.6. The Kier molecular flexibility index (Phi) is 8.76. The summed E-state index contributed by atoms with van der Waals surface area (Å²) in [5, 5.41) is 12.1. The third-order valence-corrected chi connectivity index (χ3v) is 6.20. The molecule has 1 amide bonds. The number of nitrogens with one attached hydrogen (secondary N) is 1. The first-order valence-corrected chi connectivity index (χ1v) is 11.6. The van der Waals surface area contributed by atoms with Gasteiger partial charge in [-0.2, -0.15) is 0 Å². The summed E-state index contributed by atoms with van der Waals surface area (Å²) in [7, 11) is 0. The molecule has 186 valence electrons. The SMILES string of the molecule is Cc1cc(OCc2ccc(F)cc2F)c(Br)c(=O)n1Cc1ccc(CNC(=O)[C@@H](N)[C@@H](C)O)cc1. The number of rotatable bonds is 9. The Morgan fingerprint density at radius 3 is 2.46 bits per heavy atom. The number of aliphatic hydroxyl groups is 1. The zero-order valence-electron chi connectivity index (χ0n) is 19.2. The Morgan fingerprint density at radius 2 is 1.83 bits per heavy atom. The molecule has 0 aliphatic carbocycles. The lowest BCUT2D eigenvalue weighted by Gasteiger charge is -2.16. The average Bonchev–Trinajstić information content (AvgIpc) is 2.82. The topological polar surface area (TPSA) is 107 Å². The summed E-state index contributed by atoms with van der Waals surface area (Å²) >= 11 is 3.27. The van der Waals surface area contributed by atoms with Crippen LogP contribution in [0, 0.1) is 18.6 Å². The molecule has 0 fully saturated rings. The van der Waals surface area contributed by atoms with Crippen LogP contribution < -0.4 is 21.3 Å². The second-order valence-corrected chi connectivity index (χ2v) is 8.97. The van der Waals surface area contributed by atoms with Crippen molar-refractivity contribution >= 4 is 21.8 Å². The lowest BCUT2D eigenvalue weighted by Crippen LogP contribution is -2.46. The van der Waals surface area contributed by atoms with Gasteiger partial charge in [-0.25, -0.2) is 8.78 Å². The number of benzene rings is 2. The van der Waals surface area contributed by atoms with Crippen LogP contribution in [-0.4, -0.2) is 27.7 Å². The van der Waals surface area contributed by atoms with E-state index in [9.17, 15) is 23.5 Å². The number of halogens is 3. The summed E-state index contributed by atoms with van der Waals surface area (Å²) in [6.07, 6.45) is -0.945. The number of amides is 1. The van der Waals surface area contributed by atoms with Crippen molar-refractivity contribution in [2.45, 2.75) is 45.7 Å². The molecule has 3 aromatic rings. The predicted molar refractivity (Wildman–Crippen MR) is 131 cm³/mol. The molecule has 0 saturated carbocycles. The predicted octanol–water partition coefficient (Wildman–Crippen LogP) is 3.15. The standard InChI is InChI=1S/C25H26BrF2N3O4/c1-14-9-21(35-13-18-7-8-19(27)10-20(18)28)22(26)25(34)31(14)12-17-5-3-16(4-6-17)11-30-24(33)23(29)15(2)32/h3-10,15,23,32H,11-13,29H2,1-2H3,(H,30,33)/t15-,23+/m1/s1. The molecule has 2 atom stereocenters. The number of hydrogen-bond donors (Lipinski definition) is 3. The van der Waals surface area contributed by atoms with E-state index >= 15 is 0 Å². The Bertz CT molecular complexity index is 1260. The molecule has 3 rings (SSSR count). The fourth-order valence-electron chi connectivity index (χ4n) is 3.28. The first-order chi connectivity index (χ1) is 16.6. The van der Waals surface area contributed by atoms with Gasteiger partial charge in [0.2, 0.25) is 5.91 Å². The van der Waals surface area contributed by atoms with Gasteiger partial charge in [0.05, 0.1) is 12.6 Å². The lowest BCUT2D eigenvalue weighted by atomic mass is 10.1. The highest BCUT2D eigenvalue weighted by molar-refractivity contribution is 9.10. The summed E-state index contributed by atoms with van der Waals surface area (Å²) in [5.74, 6) is -1.58. The van der Waals surface area contributed by atoms with Crippen LogP contribution in [0.1, 0.15) is 29.3 Å². The largest absolute Gasteiger partial charge is 0.487 e. The third kappa shape index (κ3) is 6.74. The van der Waals surface area contributed by atoms with Gasteiger partial charge in [0.1, 0.15) is 34.5 Å². The molecule has 0 aliphatic rings. The molecule has 0 aliphatic heterocycles. The van der Waals surface area contributed by atoms with Gasteiger partial charge in [0.15, 0.2) is 0 Å². The number of carbonyl (C=O) groups excluding carboxylic acids is 1. The van der Waals surface area contributed by atoms with Crippen LogP contribution in [0.25, 0.3) is 0 Å². The highest BCUT2D eigenvalue weighted by atomic mass is 79.9. The molecule has 1 heterocycles. The molecule has 0 spiro atoms. The Hall–Kier alpha value is -3.08. The molecule has 35 heavy (non-hydrogen) atoms. The first kappa shape index (κ1) is 26.5. The fourth-order valence-corrected chi connectivity index (χ4v) is 3.72. The Balaban J connectivity index is 1.67. The Morgan fingerprint density at radius 1 is 1.17 bits per heavy atom. The van der Waals surface area contributed by atoms with Gasteiger partial charge in [-0.05, 0) is 53.0 Å². The summed E-state index contributed by atoms with van der Waals surface area (Å²) in [5.41, 5.74) is 7.79. The van der Waals surface area contributed by atoms with E-state index in [2.05, 4.69) is 21.2 Å². The van der Waals surface area contributed by atoms with E-state index in [-0.39, 0.29) is 34.5 Å². The van der Waals surface area contributed by atoms with Crippen LogP contribution >= 0.6 is 15.9 Å². The summed E-state index contributed by atoms with van der Waals surface area (Å²) < 4.78 is 34.3. The maximum Gasteiger partial charge on any atom is 0.269 e. The minimum absolute atomic E-state index is 0.159. The minimum atomic E-state index is -0.996. The number of pyridine rings is 1. The van der Waals surface area contributed by atoms with E-state index in [0.29, 0.717) is 12.2 Å². The lowest BCUT2D eigenvalue weighted by molar-refractivity contribution is -0.124. The van der Waals surface area contributed by atoms with Gasteiger partial charge in [0, 0.05) is 29.9 Å². The van der Waals surface area contributed by atoms with E-state index in [1.807, 2.05) is 24.3 Å². The molecule has 0 radical (unpaired) electrons. The highest BCUT2D eigenvalue weighted by Gasteiger charge is 2.18. The summed E-state index contributed by atoms with van der Waals surface area (Å²) in [4.78, 5) is 24.8. The molecular weight excluding hydrogens is 524 g/mol. The van der Waals surface area contributed by atoms with E-state index in [0.717, 1.165) is 23.3 Å². The normalized spacial score (nSPS) is 12.8. The zero-order valence-corrected chi connectivity index (χ0v) is 20.8. The second-order valence-electron chi connectivity index (χ2n) is 8.18. The number of ether oxygens (including phenoxy) is 1. The number of nitrogens with two attached hydrogens (primary N) is 1. The van der Waals surface area contributed by atoms with Gasteiger partial charge in [-0.15, -0.1) is 0 Å². The molecule has 7 nitrogen and oxygen atoms in total. The highest BCUT2D eigenvalue weighted by Crippen LogP contribution is 2.24. The van der Waals surface area contributed by atoms with Crippen molar-refractivity contribution in [3.8, 4) is 5.75 Å². The molecule has 1 aromatic heterocycles. The van der Waals surface area contributed by atoms with Gasteiger partial charge in [-0.1, -0.05) is 24.3 Å². The molecule has 0 saturated heterocycles. The van der Waals surface area contributed by atoms with Gasteiger partial charge in [-0.3, -0.25) is 9.59 Å². The molecule has 4 N–H and O–H groups in total. The number of aromatic nitrogens is 1. The number of carbonyl (C=O) groups is 1. The van der Waals surface area contributed by atoms with Crippen LogP contribution in [-0.2, 0) is 24.5 Å². The van der Waals surface area contributed by atoms with E-state index in [1.165, 1.54) is 13.0 Å². The number of nitrogens with zero attached hydrogens (tertiary/aromatic N) is 1. The zero-order chi connectivity index (χ0) is 25.7. The minimum Gasteiger partial charge on any atom is -0.487 e. The van der Waals surface area contributed by atoms with E-state index < -0.39 is 29.7 Å². The van der Waals surface area contributed by atoms with Crippen LogP contribution in [0.4, 0.5) is 8.78 Å². The summed E-state index contributed by atoms with van der Waals surface area (Å²) in [6, 6.07) is 11.2. The molecule has 0 unspecified atom stereocenters. The number of aryl methyl sites for hydroxylation is 1. The van der Waals surface area contributed by atoms with E-state index in [1.54, 1.807) is 17.6 Å². The maximum atomic E-state index is 13.9. The molecule has 2 aromatic carbocycles. The maximum absolute atomic E-state index is 13.9. The van der Waals surface area contributed by atoms with Crippen LogP contribution in [0.2, 0.25) is 0 Å². The molecular formula is C25H26BrF2N3O4. The number of hydrogen-bond acceptors (Lipinski definition) is 5. The van der Waals surface area contributed by atoms with Crippen molar-refractivity contribution < 1.29 is 23.4 Å². The average molecular weight is 550 g/mol. The Labute approximate surface area is 209 Å². The molecule has 10 heteroatoms. The smallest absolute Gasteiger partial charge is 0.269 e. The van der Waals surface area contributed by atoms with E-state index in [4.69, 9.17) is 10.5 Å². The van der Waals surface area contributed by atoms with Crippen LogP contribution in [0.5, 0.6) is 5.75 Å². The van der Waals surface area contributed by atoms with Crippen molar-refractivity contribution in [3.05, 3.63) is 97.4 Å². The fraction of sp³-hybridized carbons (Fsp3) is 0.280. The van der Waals surface area contributed by atoms with Crippen molar-refractivity contribution in [2.75, 3.05) is 0 Å². The first-order valence-electron chi connectivity index (χ1n) is 10.8. The third-order valence-electron chi connectivity index (χ3n) is 5.47. The van der Waals surface area contributed by atoms with Gasteiger partial charge >= 0.3 is 0 Å². The molecule has 0 bridgehead atoms. The van der Waals surface area contributed by atoms with Gasteiger partial charge in [0.25, 0.3) is 5.56 Å². The monoisotopic (exact) mass is 549 g/mol. The van der Waals surface area contributed by atoms with Crippen molar-refractivity contribution in [2.24, 2.45) is 5.73 Å². The van der Waals surface area contributed by atoms with Crippen LogP contribution in [0.15, 0.2) is 57.8 Å². The van der Waals surface area contributed by atoms with Crippen molar-refractivity contribution in [3.63, 3.8) is 0 Å². The summed E-state index contributed by atoms with van der Waals surface area (Å²) in [6.45, 7) is 3.61. The van der Waals surface area contributed by atoms with Crippen molar-refractivity contribution in [1.82, 2.24) is 9.88 Å².